The molecule has 140 valence electrons. The van der Waals surface area contributed by atoms with Crippen LogP contribution in [-0.4, -0.2) is 10.8 Å². The van der Waals surface area contributed by atoms with E-state index in [9.17, 15) is 4.79 Å². The summed E-state index contributed by atoms with van der Waals surface area (Å²) in [4.78, 5) is 17.9. The van der Waals surface area contributed by atoms with Gasteiger partial charge in [-0.05, 0) is 47.2 Å². The molecular formula is C24H21ClN2O. The summed E-state index contributed by atoms with van der Waals surface area (Å²) in [6.45, 7) is 4.31. The van der Waals surface area contributed by atoms with Crippen LogP contribution in [0.1, 0.15) is 43.7 Å². The summed E-state index contributed by atoms with van der Waals surface area (Å²) in [5, 5.41) is 5.33. The number of fused-ring (bicyclic) bond motifs is 3. The summed E-state index contributed by atoms with van der Waals surface area (Å²) in [7, 11) is 0. The van der Waals surface area contributed by atoms with Crippen LogP contribution in [0.3, 0.4) is 0 Å². The fourth-order valence-electron chi connectivity index (χ4n) is 4.70. The Morgan fingerprint density at radius 1 is 1.07 bits per heavy atom. The zero-order chi connectivity index (χ0) is 19.5. The van der Waals surface area contributed by atoms with Crippen LogP contribution in [0.15, 0.2) is 66.0 Å². The van der Waals surface area contributed by atoms with Crippen molar-refractivity contribution in [2.45, 2.75) is 32.6 Å². The van der Waals surface area contributed by atoms with E-state index in [4.69, 9.17) is 11.6 Å². The van der Waals surface area contributed by atoms with Crippen molar-refractivity contribution in [3.8, 4) is 0 Å². The van der Waals surface area contributed by atoms with Crippen molar-refractivity contribution in [3.05, 3.63) is 82.1 Å². The van der Waals surface area contributed by atoms with Crippen LogP contribution in [0.25, 0.3) is 10.9 Å². The monoisotopic (exact) mass is 388 g/mol. The number of Topliss-reactive ketones (excluding diaryl/α,β-unsaturated/α-hetero) is 1. The van der Waals surface area contributed by atoms with Crippen LogP contribution in [0.5, 0.6) is 0 Å². The molecule has 0 amide bonds. The molecule has 0 unspecified atom stereocenters. The van der Waals surface area contributed by atoms with Crippen molar-refractivity contribution in [1.82, 2.24) is 4.98 Å². The van der Waals surface area contributed by atoms with Crippen LogP contribution in [0, 0.1) is 5.41 Å². The lowest BCUT2D eigenvalue weighted by Crippen LogP contribution is -2.34. The van der Waals surface area contributed by atoms with Gasteiger partial charge in [-0.2, -0.15) is 0 Å². The Morgan fingerprint density at radius 3 is 2.71 bits per heavy atom. The minimum absolute atomic E-state index is 0.0517. The van der Waals surface area contributed by atoms with E-state index in [2.05, 4.69) is 36.3 Å². The van der Waals surface area contributed by atoms with E-state index in [0.717, 1.165) is 45.4 Å². The van der Waals surface area contributed by atoms with E-state index in [1.165, 1.54) is 0 Å². The number of anilines is 1. The molecule has 1 N–H and O–H groups in total. The van der Waals surface area contributed by atoms with E-state index in [1.807, 2.05) is 36.4 Å². The Kier molecular flexibility index (Phi) is 3.85. The molecule has 0 fully saturated rings. The third-order valence-electron chi connectivity index (χ3n) is 5.83. The van der Waals surface area contributed by atoms with Crippen LogP contribution < -0.4 is 5.32 Å². The maximum atomic E-state index is 13.3. The molecule has 2 aromatic carbocycles. The minimum atomic E-state index is -0.184. The maximum absolute atomic E-state index is 13.3. The Balaban J connectivity index is 1.84. The Labute approximate surface area is 169 Å². The summed E-state index contributed by atoms with van der Waals surface area (Å²) >= 11 is 6.64. The normalized spacial score (nSPS) is 20.5. The van der Waals surface area contributed by atoms with Crippen LogP contribution in [-0.2, 0) is 4.79 Å². The standard InChI is InChI=1S/C24H21ClN2O/c1-24(2)12-19-23(20(28)13-24)22(14-6-3-4-8-16(14)25)21-15-7-5-11-26-17(15)9-10-18(21)27-19/h3-11,22,27H,12-13H2,1-2H3/t22-/m0/s1. The molecule has 4 heteroatoms. The first kappa shape index (κ1) is 17.4. The summed E-state index contributed by atoms with van der Waals surface area (Å²) in [5.74, 6) is 0.0201. The first-order valence-electron chi connectivity index (χ1n) is 9.60. The Hall–Kier alpha value is -2.65. The van der Waals surface area contributed by atoms with Gasteiger partial charge in [0.15, 0.2) is 5.78 Å². The number of halogens is 1. The number of carbonyl (C=O) groups is 1. The molecule has 1 aliphatic heterocycles. The number of nitrogens with zero attached hydrogens (tertiary/aromatic N) is 1. The molecule has 2 heterocycles. The molecule has 3 aromatic rings. The van der Waals surface area contributed by atoms with Crippen LogP contribution in [0.2, 0.25) is 5.02 Å². The number of allylic oxidation sites excluding steroid dienone is 2. The number of aromatic nitrogens is 1. The molecule has 2 aliphatic rings. The van der Waals surface area contributed by atoms with Gasteiger partial charge in [-0.3, -0.25) is 9.78 Å². The molecule has 3 nitrogen and oxygen atoms in total. The average Bonchev–Trinajstić information content (AvgIpc) is 2.65. The summed E-state index contributed by atoms with van der Waals surface area (Å²) in [6, 6.07) is 16.0. The minimum Gasteiger partial charge on any atom is -0.358 e. The number of hydrogen-bond acceptors (Lipinski definition) is 3. The fraction of sp³-hybridized carbons (Fsp3) is 0.250. The third kappa shape index (κ3) is 2.65. The van der Waals surface area contributed by atoms with Gasteiger partial charge in [-0.15, -0.1) is 0 Å². The summed E-state index contributed by atoms with van der Waals surface area (Å²) in [6.07, 6.45) is 3.20. The predicted molar refractivity (Wildman–Crippen MR) is 114 cm³/mol. The lowest BCUT2D eigenvalue weighted by molar-refractivity contribution is -0.118. The maximum Gasteiger partial charge on any atom is 0.162 e. The highest BCUT2D eigenvalue weighted by atomic mass is 35.5. The van der Waals surface area contributed by atoms with Gasteiger partial charge in [-0.25, -0.2) is 0 Å². The highest BCUT2D eigenvalue weighted by molar-refractivity contribution is 6.31. The molecule has 0 saturated heterocycles. The number of rotatable bonds is 1. The lowest BCUT2D eigenvalue weighted by Gasteiger charge is -2.40. The van der Waals surface area contributed by atoms with E-state index < -0.39 is 0 Å². The second kappa shape index (κ2) is 6.18. The van der Waals surface area contributed by atoms with Crippen molar-refractivity contribution in [2.24, 2.45) is 5.41 Å². The highest BCUT2D eigenvalue weighted by Gasteiger charge is 2.41. The molecule has 1 atom stereocenters. The van der Waals surface area contributed by atoms with Crippen molar-refractivity contribution in [3.63, 3.8) is 0 Å². The third-order valence-corrected chi connectivity index (χ3v) is 6.17. The van der Waals surface area contributed by atoms with E-state index in [1.54, 1.807) is 6.20 Å². The van der Waals surface area contributed by atoms with Gasteiger partial charge in [0, 0.05) is 45.9 Å². The Morgan fingerprint density at radius 2 is 1.89 bits per heavy atom. The molecule has 0 spiro atoms. The van der Waals surface area contributed by atoms with Gasteiger partial charge in [-0.1, -0.05) is 49.7 Å². The first-order chi connectivity index (χ1) is 13.4. The molecule has 0 bridgehead atoms. The zero-order valence-corrected chi connectivity index (χ0v) is 16.7. The molecule has 28 heavy (non-hydrogen) atoms. The van der Waals surface area contributed by atoms with Crippen molar-refractivity contribution < 1.29 is 4.79 Å². The van der Waals surface area contributed by atoms with Gasteiger partial charge in [0.25, 0.3) is 0 Å². The van der Waals surface area contributed by atoms with Crippen molar-refractivity contribution >= 4 is 34.0 Å². The van der Waals surface area contributed by atoms with Gasteiger partial charge in [0.05, 0.1) is 5.52 Å². The molecule has 1 aromatic heterocycles. The Bertz CT molecular complexity index is 1160. The SMILES string of the molecule is CC1(C)CC(=O)C2=C(C1)Nc1ccc3ncccc3c1[C@@H]2c1ccccc1Cl. The topological polar surface area (TPSA) is 42.0 Å². The molecule has 0 saturated carbocycles. The van der Waals surface area contributed by atoms with E-state index in [0.29, 0.717) is 11.4 Å². The van der Waals surface area contributed by atoms with Crippen LogP contribution >= 0.6 is 11.6 Å². The van der Waals surface area contributed by atoms with E-state index in [-0.39, 0.29) is 17.1 Å². The van der Waals surface area contributed by atoms with Crippen molar-refractivity contribution in [1.29, 1.82) is 0 Å². The molecular weight excluding hydrogens is 368 g/mol. The number of carbonyl (C=O) groups excluding carboxylic acids is 1. The van der Waals surface area contributed by atoms with E-state index >= 15 is 0 Å². The largest absolute Gasteiger partial charge is 0.358 e. The van der Waals surface area contributed by atoms with Gasteiger partial charge < -0.3 is 5.32 Å². The van der Waals surface area contributed by atoms with Crippen molar-refractivity contribution in [2.75, 3.05) is 5.32 Å². The second-order valence-electron chi connectivity index (χ2n) is 8.51. The number of ketones is 1. The molecule has 5 rings (SSSR count). The summed E-state index contributed by atoms with van der Waals surface area (Å²) in [5.41, 5.74) is 5.86. The smallest absolute Gasteiger partial charge is 0.162 e. The lowest BCUT2D eigenvalue weighted by atomic mass is 9.68. The van der Waals surface area contributed by atoms with Gasteiger partial charge in [0.1, 0.15) is 0 Å². The second-order valence-corrected chi connectivity index (χ2v) is 8.92. The van der Waals surface area contributed by atoms with Gasteiger partial charge in [0.2, 0.25) is 0 Å². The highest BCUT2D eigenvalue weighted by Crippen LogP contribution is 2.51. The number of nitrogens with one attached hydrogen (secondary N) is 1. The molecule has 0 radical (unpaired) electrons. The van der Waals surface area contributed by atoms with Crippen LogP contribution in [0.4, 0.5) is 5.69 Å². The number of pyridine rings is 1. The first-order valence-corrected chi connectivity index (χ1v) is 9.98. The predicted octanol–water partition coefficient (Wildman–Crippen LogP) is 6.09. The quantitative estimate of drug-likeness (QED) is 0.548. The fourth-order valence-corrected chi connectivity index (χ4v) is 4.95. The summed E-state index contributed by atoms with van der Waals surface area (Å²) < 4.78 is 0. The zero-order valence-electron chi connectivity index (χ0n) is 15.9. The number of hydrogen-bond donors (Lipinski definition) is 1. The average molecular weight is 389 g/mol. The number of benzene rings is 2. The molecule has 1 aliphatic carbocycles. The van der Waals surface area contributed by atoms with Gasteiger partial charge >= 0.3 is 0 Å².